The largest absolute Gasteiger partial charge is 1.00 e. The minimum Gasteiger partial charge on any atom is -1.00 e. The predicted octanol–water partition coefficient (Wildman–Crippen LogP) is -3.13. The monoisotopic (exact) mass is 476 g/mol. The molecular formula is C22H31Cl3SiTi. The minimum absolute atomic E-state index is 0. The summed E-state index contributed by atoms with van der Waals surface area (Å²) in [4.78, 5) is 0. The summed E-state index contributed by atoms with van der Waals surface area (Å²) in [6.07, 6.45) is 13.6. The van der Waals surface area contributed by atoms with Crippen LogP contribution in [0.4, 0.5) is 0 Å². The fraction of sp³-hybridized carbons (Fsp3) is 0.545. The molecule has 0 radical (unpaired) electrons. The maximum atomic E-state index is 2.70. The van der Waals surface area contributed by atoms with Crippen LogP contribution in [0.5, 0.6) is 0 Å². The third-order valence-electron chi connectivity index (χ3n) is 6.42. The second kappa shape index (κ2) is 11.6. The van der Waals surface area contributed by atoms with Gasteiger partial charge in [0.25, 0.3) is 0 Å². The average molecular weight is 478 g/mol. The normalized spacial score (nSPS) is 27.6. The van der Waals surface area contributed by atoms with Gasteiger partial charge in [-0.15, -0.1) is 0 Å². The van der Waals surface area contributed by atoms with Gasteiger partial charge in [-0.25, -0.2) is 0 Å². The topological polar surface area (TPSA) is 0 Å². The van der Waals surface area contributed by atoms with Gasteiger partial charge in [0, 0.05) is 0 Å². The number of rotatable bonds is 5. The smallest absolute Gasteiger partial charge is 1.00 e. The number of halogens is 3. The molecule has 0 aliphatic heterocycles. The van der Waals surface area contributed by atoms with Crippen LogP contribution >= 0.6 is 0 Å². The van der Waals surface area contributed by atoms with Gasteiger partial charge >= 0.3 is 162 Å². The van der Waals surface area contributed by atoms with Gasteiger partial charge in [0.15, 0.2) is 0 Å². The number of hydrogen-bond donors (Lipinski definition) is 0. The molecule has 0 bridgehead atoms. The predicted molar refractivity (Wildman–Crippen MR) is 104 cm³/mol. The van der Waals surface area contributed by atoms with Crippen molar-refractivity contribution in [1.29, 1.82) is 0 Å². The van der Waals surface area contributed by atoms with E-state index in [1.807, 2.05) is 0 Å². The molecule has 0 N–H and O–H groups in total. The van der Waals surface area contributed by atoms with Crippen molar-refractivity contribution < 1.29 is 57.7 Å². The Labute approximate surface area is 197 Å². The van der Waals surface area contributed by atoms with E-state index in [-0.39, 0.29) is 37.2 Å². The quantitative estimate of drug-likeness (QED) is 0.394. The van der Waals surface area contributed by atoms with Crippen LogP contribution in [0, 0.1) is 25.7 Å². The zero-order valence-electron chi connectivity index (χ0n) is 16.8. The van der Waals surface area contributed by atoms with E-state index in [0.717, 1.165) is 21.6 Å². The number of allylic oxidation sites excluding steroid dienone is 4. The van der Waals surface area contributed by atoms with Crippen molar-refractivity contribution in [3.05, 3.63) is 53.6 Å². The first-order chi connectivity index (χ1) is 11.5. The van der Waals surface area contributed by atoms with Crippen molar-refractivity contribution in [3.63, 3.8) is 0 Å². The Bertz CT molecular complexity index is 641. The molecule has 1 aromatic rings. The first-order valence-electron chi connectivity index (χ1n) is 9.60. The van der Waals surface area contributed by atoms with Crippen molar-refractivity contribution in [2.75, 3.05) is 0 Å². The van der Waals surface area contributed by atoms with Gasteiger partial charge in [0.05, 0.1) is 0 Å². The van der Waals surface area contributed by atoms with Crippen LogP contribution in [0.3, 0.4) is 0 Å². The molecule has 27 heavy (non-hydrogen) atoms. The van der Waals surface area contributed by atoms with E-state index in [1.54, 1.807) is 5.19 Å². The number of benzene rings is 1. The molecule has 1 fully saturated rings. The van der Waals surface area contributed by atoms with Crippen LogP contribution in [0.15, 0.2) is 42.5 Å². The summed E-state index contributed by atoms with van der Waals surface area (Å²) >= 11 is 2.54. The Kier molecular flexibility index (Phi) is 11.8. The van der Waals surface area contributed by atoms with E-state index >= 15 is 0 Å². The second-order valence-corrected chi connectivity index (χ2v) is 14.0. The van der Waals surface area contributed by atoms with E-state index in [2.05, 4.69) is 90.3 Å². The van der Waals surface area contributed by atoms with E-state index in [4.69, 9.17) is 0 Å². The molecule has 0 nitrogen and oxygen atoms in total. The van der Waals surface area contributed by atoms with E-state index < -0.39 is 8.07 Å². The maximum Gasteiger partial charge on any atom is -1.00 e. The van der Waals surface area contributed by atoms with Crippen LogP contribution in [0.2, 0.25) is 22.4 Å². The standard InChI is InChI=1S/C22H31Si.3ClH.Ti/c1-5-6-11-23(4,21-13-17(2)12-18(3)14-21)22-15-19-9-7-8-10-20(19)16-22;;;;/h7-10,12-15,19-20,22H,5-6,11,16H2,1-4H3;3*1H;/q;;;;+3/p-3. The zero-order chi connectivity index (χ0) is 17.3. The molecule has 1 aromatic carbocycles. The molecule has 2 aliphatic rings. The van der Waals surface area contributed by atoms with Crippen molar-refractivity contribution in [2.45, 2.75) is 62.4 Å². The van der Waals surface area contributed by atoms with Crippen LogP contribution in [0.25, 0.3) is 0 Å². The molecule has 1 saturated carbocycles. The SMILES string of the molecule is CCCC[Si](C)(c1cc(C)cc(C)c1)C1CC2C=CC=CC2[CH]1[Ti+3].[Cl-].[Cl-].[Cl-]. The first-order valence-corrected chi connectivity index (χ1v) is 13.3. The Morgan fingerprint density at radius 3 is 2.15 bits per heavy atom. The fourth-order valence-electron chi connectivity index (χ4n) is 5.05. The summed E-state index contributed by atoms with van der Waals surface area (Å²) in [5, 5.41) is 1.72. The zero-order valence-corrected chi connectivity index (χ0v) is 21.6. The molecule has 0 heterocycles. The number of unbranched alkanes of at least 4 members (excludes halogenated alkanes) is 1. The van der Waals surface area contributed by atoms with Crippen LogP contribution in [-0.4, -0.2) is 8.07 Å². The van der Waals surface area contributed by atoms with Crippen molar-refractivity contribution >= 4 is 13.3 Å². The van der Waals surface area contributed by atoms with E-state index in [0.29, 0.717) is 0 Å². The Morgan fingerprint density at radius 2 is 1.59 bits per heavy atom. The Hall–Kier alpha value is 0.501. The second-order valence-electron chi connectivity index (χ2n) is 8.28. The molecule has 5 atom stereocenters. The molecule has 148 valence electrons. The number of hydrogen-bond acceptors (Lipinski definition) is 0. The maximum absolute atomic E-state index is 2.70. The third-order valence-corrected chi connectivity index (χ3v) is 13.4. The summed E-state index contributed by atoms with van der Waals surface area (Å²) in [7, 11) is -1.50. The molecule has 5 unspecified atom stereocenters. The molecule has 2 aliphatic carbocycles. The van der Waals surface area contributed by atoms with Crippen LogP contribution in [0.1, 0.15) is 37.3 Å². The van der Waals surface area contributed by atoms with Gasteiger partial charge in [-0.2, -0.15) is 0 Å². The molecule has 3 rings (SSSR count). The van der Waals surface area contributed by atoms with Gasteiger partial charge in [0.2, 0.25) is 0 Å². The molecule has 0 amide bonds. The molecule has 0 aromatic heterocycles. The molecular weight excluding hydrogens is 447 g/mol. The van der Waals surface area contributed by atoms with Gasteiger partial charge in [0.1, 0.15) is 0 Å². The minimum atomic E-state index is -1.50. The van der Waals surface area contributed by atoms with Gasteiger partial charge in [-0.3, -0.25) is 0 Å². The van der Waals surface area contributed by atoms with Crippen molar-refractivity contribution in [2.24, 2.45) is 11.8 Å². The third kappa shape index (κ3) is 5.77. The summed E-state index contributed by atoms with van der Waals surface area (Å²) in [6, 6.07) is 8.83. The molecule has 0 saturated heterocycles. The van der Waals surface area contributed by atoms with Crippen LogP contribution < -0.4 is 42.4 Å². The fourth-order valence-corrected chi connectivity index (χ4v) is 12.6. The van der Waals surface area contributed by atoms with E-state index in [1.165, 1.54) is 36.4 Å². The van der Waals surface area contributed by atoms with Gasteiger partial charge in [-0.1, -0.05) is 0 Å². The van der Waals surface area contributed by atoms with Crippen LogP contribution in [-0.2, 0) is 20.4 Å². The summed E-state index contributed by atoms with van der Waals surface area (Å²) in [6.45, 7) is 9.59. The number of fused-ring (bicyclic) bond motifs is 1. The van der Waals surface area contributed by atoms with Gasteiger partial charge < -0.3 is 37.2 Å². The molecule has 0 spiro atoms. The molecule has 5 heteroatoms. The summed E-state index contributed by atoms with van der Waals surface area (Å²) in [5.41, 5.74) is 3.80. The Balaban J connectivity index is 0.00000225. The summed E-state index contributed by atoms with van der Waals surface area (Å²) in [5.74, 6) is 1.56. The Morgan fingerprint density at radius 1 is 1.00 bits per heavy atom. The first kappa shape index (κ1) is 27.5. The van der Waals surface area contributed by atoms with Crippen molar-refractivity contribution in [3.8, 4) is 0 Å². The average Bonchev–Trinajstić information content (AvgIpc) is 2.90. The summed E-state index contributed by atoms with van der Waals surface area (Å²) < 4.78 is 0.825. The van der Waals surface area contributed by atoms with Gasteiger partial charge in [-0.05, 0) is 0 Å². The van der Waals surface area contributed by atoms with E-state index in [9.17, 15) is 0 Å². The van der Waals surface area contributed by atoms with Crippen molar-refractivity contribution in [1.82, 2.24) is 0 Å². The number of aryl methyl sites for hydroxylation is 2.